The largest absolute Gasteiger partial charge is 0.0701 e. The molecule has 0 saturated carbocycles. The average Bonchev–Trinajstić information content (AvgIpc) is 3.13. The molecule has 0 atom stereocenters. The van der Waals surface area contributed by atoms with Crippen molar-refractivity contribution in [2.45, 2.75) is 113 Å². The summed E-state index contributed by atoms with van der Waals surface area (Å²) < 4.78 is 0. The molecule has 184 valence electrons. The molecule has 0 saturated heterocycles. The Morgan fingerprint density at radius 2 is 1.15 bits per heavy atom. The van der Waals surface area contributed by atoms with Crippen LogP contribution in [0, 0.1) is 34.5 Å². The van der Waals surface area contributed by atoms with E-state index in [1.165, 1.54) is 68.9 Å². The Bertz CT molecular complexity index is 805. The van der Waals surface area contributed by atoms with E-state index < -0.39 is 0 Å². The van der Waals surface area contributed by atoms with Crippen LogP contribution in [0.5, 0.6) is 0 Å². The van der Waals surface area contributed by atoms with Gasteiger partial charge in [0.2, 0.25) is 0 Å². The Kier molecular flexibility index (Phi) is 8.74. The maximum Gasteiger partial charge on any atom is -0.00323 e. The summed E-state index contributed by atoms with van der Waals surface area (Å²) in [5, 5.41) is 0. The summed E-state index contributed by atoms with van der Waals surface area (Å²) in [5.41, 5.74) is 6.93. The molecule has 0 N–H and O–H groups in total. The second kappa shape index (κ2) is 11.0. The van der Waals surface area contributed by atoms with Gasteiger partial charge in [-0.3, -0.25) is 0 Å². The molecule has 0 nitrogen and oxygen atoms in total. The number of benzene rings is 1. The Labute approximate surface area is 206 Å². The minimum Gasteiger partial charge on any atom is -0.0701 e. The molecular weight excluding hydrogens is 396 g/mol. The SMILES string of the molecule is CC(C)CCC1(CCC(C)C)C=C2C(=Cc3ccccc32)C(CCC(C)C)(CCC(C)C)C1. The number of allylic oxidation sites excluding steroid dienone is 3. The molecule has 0 radical (unpaired) electrons. The smallest absolute Gasteiger partial charge is 0.00323 e. The van der Waals surface area contributed by atoms with Gasteiger partial charge in [0.05, 0.1) is 0 Å². The summed E-state index contributed by atoms with van der Waals surface area (Å²) in [6, 6.07) is 9.21. The molecule has 0 unspecified atom stereocenters. The average molecular weight is 449 g/mol. The highest BCUT2D eigenvalue weighted by atomic mass is 14.5. The maximum atomic E-state index is 2.79. The van der Waals surface area contributed by atoms with Gasteiger partial charge >= 0.3 is 0 Å². The number of fused-ring (bicyclic) bond motifs is 3. The molecule has 33 heavy (non-hydrogen) atoms. The first kappa shape index (κ1) is 26.3. The van der Waals surface area contributed by atoms with E-state index in [-0.39, 0.29) is 0 Å². The van der Waals surface area contributed by atoms with E-state index in [1.54, 1.807) is 11.1 Å². The van der Waals surface area contributed by atoms with Crippen LogP contribution in [0.25, 0.3) is 11.6 Å². The van der Waals surface area contributed by atoms with Crippen molar-refractivity contribution in [3.05, 3.63) is 47.0 Å². The first-order valence-electron chi connectivity index (χ1n) is 14.1. The molecule has 2 aliphatic carbocycles. The standard InChI is InChI=1S/C33H52/c1-24(2)13-17-32(18-14-25(3)4)22-30-29-12-10-9-11-28(29)21-31(30)33(23-32,19-15-26(5)6)20-16-27(7)8/h9-12,21-22,24-27H,13-20,23H2,1-8H3. The van der Waals surface area contributed by atoms with Crippen LogP contribution in [0.3, 0.4) is 0 Å². The summed E-state index contributed by atoms with van der Waals surface area (Å²) in [7, 11) is 0. The van der Waals surface area contributed by atoms with Crippen LogP contribution in [-0.4, -0.2) is 0 Å². The van der Waals surface area contributed by atoms with Crippen LogP contribution < -0.4 is 0 Å². The van der Waals surface area contributed by atoms with Gasteiger partial charge in [-0.2, -0.15) is 0 Å². The van der Waals surface area contributed by atoms with Gasteiger partial charge in [0, 0.05) is 0 Å². The second-order valence-electron chi connectivity index (χ2n) is 13.3. The van der Waals surface area contributed by atoms with Crippen molar-refractivity contribution in [2.24, 2.45) is 34.5 Å². The summed E-state index contributed by atoms with van der Waals surface area (Å²) >= 11 is 0. The van der Waals surface area contributed by atoms with Crippen molar-refractivity contribution in [1.29, 1.82) is 0 Å². The Balaban J connectivity index is 2.14. The van der Waals surface area contributed by atoms with Crippen LogP contribution in [0.2, 0.25) is 0 Å². The van der Waals surface area contributed by atoms with Crippen molar-refractivity contribution in [3.63, 3.8) is 0 Å². The van der Waals surface area contributed by atoms with Crippen LogP contribution >= 0.6 is 0 Å². The third-order valence-electron chi connectivity index (χ3n) is 8.39. The van der Waals surface area contributed by atoms with E-state index >= 15 is 0 Å². The molecule has 1 aromatic rings. The van der Waals surface area contributed by atoms with Crippen LogP contribution in [0.4, 0.5) is 0 Å². The van der Waals surface area contributed by atoms with Gasteiger partial charge in [-0.25, -0.2) is 0 Å². The van der Waals surface area contributed by atoms with E-state index in [4.69, 9.17) is 0 Å². The molecule has 0 heterocycles. The molecule has 0 spiro atoms. The molecule has 3 rings (SSSR count). The monoisotopic (exact) mass is 448 g/mol. The van der Waals surface area contributed by atoms with E-state index in [9.17, 15) is 0 Å². The van der Waals surface area contributed by atoms with Gasteiger partial charge in [0.25, 0.3) is 0 Å². The zero-order chi connectivity index (χ0) is 24.2. The van der Waals surface area contributed by atoms with Gasteiger partial charge in [-0.1, -0.05) is 111 Å². The van der Waals surface area contributed by atoms with Gasteiger partial charge in [0.1, 0.15) is 0 Å². The van der Waals surface area contributed by atoms with Gasteiger partial charge in [-0.05, 0) is 95.0 Å². The highest BCUT2D eigenvalue weighted by Gasteiger charge is 2.48. The first-order chi connectivity index (χ1) is 15.6. The molecule has 1 aromatic carbocycles. The molecule has 0 bridgehead atoms. The fourth-order valence-corrected chi connectivity index (χ4v) is 6.27. The molecule has 0 aromatic heterocycles. The third-order valence-corrected chi connectivity index (χ3v) is 8.39. The Morgan fingerprint density at radius 3 is 1.67 bits per heavy atom. The lowest BCUT2D eigenvalue weighted by Crippen LogP contribution is -2.37. The fourth-order valence-electron chi connectivity index (χ4n) is 6.27. The molecule has 2 aliphatic rings. The van der Waals surface area contributed by atoms with Gasteiger partial charge < -0.3 is 0 Å². The molecule has 0 heteroatoms. The van der Waals surface area contributed by atoms with Crippen LogP contribution in [-0.2, 0) is 0 Å². The van der Waals surface area contributed by atoms with Gasteiger partial charge in [0.15, 0.2) is 0 Å². The van der Waals surface area contributed by atoms with E-state index in [0.717, 1.165) is 23.7 Å². The van der Waals surface area contributed by atoms with Crippen molar-refractivity contribution >= 4 is 11.6 Å². The first-order valence-corrected chi connectivity index (χ1v) is 14.1. The lowest BCUT2D eigenvalue weighted by molar-refractivity contribution is 0.130. The number of hydrogen-bond donors (Lipinski definition) is 0. The molecule has 0 aliphatic heterocycles. The molecular formula is C33H52. The lowest BCUT2D eigenvalue weighted by atomic mass is 9.54. The summed E-state index contributed by atoms with van der Waals surface area (Å²) in [6.45, 7) is 19.3. The number of hydrogen-bond acceptors (Lipinski definition) is 0. The minimum atomic E-state index is 0.325. The van der Waals surface area contributed by atoms with Crippen molar-refractivity contribution in [1.82, 2.24) is 0 Å². The summed E-state index contributed by atoms with van der Waals surface area (Å²) in [5.74, 6) is 3.07. The molecule has 0 fully saturated rings. The minimum absolute atomic E-state index is 0.325. The van der Waals surface area contributed by atoms with Gasteiger partial charge in [-0.15, -0.1) is 0 Å². The highest BCUT2D eigenvalue weighted by molar-refractivity contribution is 5.96. The fraction of sp³-hybridized carbons (Fsp3) is 0.697. The number of rotatable bonds is 12. The van der Waals surface area contributed by atoms with Crippen molar-refractivity contribution in [2.75, 3.05) is 0 Å². The zero-order valence-corrected chi connectivity index (χ0v) is 23.1. The van der Waals surface area contributed by atoms with Crippen LogP contribution in [0.1, 0.15) is 124 Å². The zero-order valence-electron chi connectivity index (χ0n) is 23.1. The highest BCUT2D eigenvalue weighted by Crippen LogP contribution is 2.62. The Morgan fingerprint density at radius 1 is 0.667 bits per heavy atom. The lowest BCUT2D eigenvalue weighted by Gasteiger charge is -2.49. The predicted molar refractivity (Wildman–Crippen MR) is 148 cm³/mol. The van der Waals surface area contributed by atoms with Crippen molar-refractivity contribution in [3.8, 4) is 0 Å². The quantitative estimate of drug-likeness (QED) is 0.298. The summed E-state index contributed by atoms with van der Waals surface area (Å²) in [4.78, 5) is 0. The molecule has 0 amide bonds. The van der Waals surface area contributed by atoms with Crippen molar-refractivity contribution < 1.29 is 0 Å². The van der Waals surface area contributed by atoms with E-state index in [2.05, 4.69) is 91.8 Å². The topological polar surface area (TPSA) is 0 Å². The summed E-state index contributed by atoms with van der Waals surface area (Å²) in [6.07, 6.45) is 17.5. The van der Waals surface area contributed by atoms with Crippen LogP contribution in [0.15, 0.2) is 35.9 Å². The maximum absolute atomic E-state index is 2.79. The third kappa shape index (κ3) is 6.43. The van der Waals surface area contributed by atoms with E-state index in [1.807, 2.05) is 0 Å². The Hall–Kier alpha value is -1.30. The van der Waals surface area contributed by atoms with E-state index in [0.29, 0.717) is 10.8 Å². The normalized spacial score (nSPS) is 18.7. The predicted octanol–water partition coefficient (Wildman–Crippen LogP) is 10.6. The second-order valence-corrected chi connectivity index (χ2v) is 13.3.